The number of carbonyl (C=O) groups excluding carboxylic acids is 2. The molecule has 0 saturated heterocycles. The van der Waals surface area contributed by atoms with Gasteiger partial charge in [0.2, 0.25) is 5.91 Å². The summed E-state index contributed by atoms with van der Waals surface area (Å²) in [6.07, 6.45) is 2.85. The molecular weight excluding hydrogens is 454 g/mol. The average molecular weight is 488 g/mol. The van der Waals surface area contributed by atoms with Crippen molar-refractivity contribution in [1.82, 2.24) is 25.2 Å². The Morgan fingerprint density at radius 1 is 1.11 bits per heavy atom. The smallest absolute Gasteiger partial charge is 0.251 e. The number of hydrogen-bond acceptors (Lipinski definition) is 5. The Morgan fingerprint density at radius 3 is 2.64 bits per heavy atom. The normalized spacial score (nSPS) is 12.4. The predicted molar refractivity (Wildman–Crippen MR) is 138 cm³/mol. The first-order valence-electron chi connectivity index (χ1n) is 12.3. The number of aromatic nitrogens is 3. The zero-order valence-electron chi connectivity index (χ0n) is 21.3. The van der Waals surface area contributed by atoms with Gasteiger partial charge in [-0.3, -0.25) is 9.59 Å². The van der Waals surface area contributed by atoms with Gasteiger partial charge in [-0.15, -0.1) is 5.10 Å². The van der Waals surface area contributed by atoms with Gasteiger partial charge in [0.05, 0.1) is 11.8 Å². The lowest BCUT2D eigenvalue weighted by atomic mass is 10.0. The minimum Gasteiger partial charge on any atom is -0.467 e. The van der Waals surface area contributed by atoms with Gasteiger partial charge in [0, 0.05) is 12.1 Å². The first-order chi connectivity index (χ1) is 17.3. The molecule has 0 bridgehead atoms. The van der Waals surface area contributed by atoms with Gasteiger partial charge in [0.25, 0.3) is 5.91 Å². The van der Waals surface area contributed by atoms with Crippen LogP contribution in [0.25, 0.3) is 11.0 Å². The maximum atomic E-state index is 13.8. The SMILES string of the molecule is CCC(C)(C)NC(=O)[C@H](c1ccco1)N(CCc1cccc(C)c1)C(=O)Cn1nnc2ccccc21. The van der Waals surface area contributed by atoms with Crippen molar-refractivity contribution in [2.75, 3.05) is 6.54 Å². The molecule has 2 heterocycles. The Labute approximate surface area is 211 Å². The molecule has 2 aromatic heterocycles. The fourth-order valence-corrected chi connectivity index (χ4v) is 4.13. The van der Waals surface area contributed by atoms with Crippen molar-refractivity contribution >= 4 is 22.8 Å². The summed E-state index contributed by atoms with van der Waals surface area (Å²) in [6.45, 7) is 8.26. The molecule has 1 N–H and O–H groups in total. The van der Waals surface area contributed by atoms with Gasteiger partial charge < -0.3 is 14.6 Å². The molecule has 0 unspecified atom stereocenters. The summed E-state index contributed by atoms with van der Waals surface area (Å²) >= 11 is 0. The molecule has 36 heavy (non-hydrogen) atoms. The third-order valence-electron chi connectivity index (χ3n) is 6.47. The Bertz CT molecular complexity index is 1330. The average Bonchev–Trinajstić information content (AvgIpc) is 3.52. The van der Waals surface area contributed by atoms with Crippen molar-refractivity contribution in [2.45, 2.75) is 58.7 Å². The highest BCUT2D eigenvalue weighted by molar-refractivity contribution is 5.89. The molecule has 2 amide bonds. The predicted octanol–water partition coefficient (Wildman–Crippen LogP) is 4.45. The topological polar surface area (TPSA) is 93.3 Å². The largest absolute Gasteiger partial charge is 0.467 e. The van der Waals surface area contributed by atoms with Gasteiger partial charge in [-0.1, -0.05) is 54.1 Å². The number of fused-ring (bicyclic) bond motifs is 1. The zero-order chi connectivity index (χ0) is 25.7. The summed E-state index contributed by atoms with van der Waals surface area (Å²) in [5.74, 6) is -0.109. The van der Waals surface area contributed by atoms with E-state index in [1.807, 2.05) is 70.2 Å². The van der Waals surface area contributed by atoms with Crippen LogP contribution in [0.2, 0.25) is 0 Å². The minimum atomic E-state index is -0.919. The Kier molecular flexibility index (Phi) is 7.52. The summed E-state index contributed by atoms with van der Waals surface area (Å²) in [4.78, 5) is 29.1. The molecule has 188 valence electrons. The Balaban J connectivity index is 1.68. The number of benzene rings is 2. The van der Waals surface area contributed by atoms with Gasteiger partial charge in [-0.2, -0.15) is 0 Å². The van der Waals surface area contributed by atoms with E-state index in [0.29, 0.717) is 24.2 Å². The third kappa shape index (κ3) is 5.82. The maximum absolute atomic E-state index is 13.8. The van der Waals surface area contributed by atoms with E-state index in [4.69, 9.17) is 4.42 Å². The molecule has 0 radical (unpaired) electrons. The van der Waals surface area contributed by atoms with Crippen LogP contribution < -0.4 is 5.32 Å². The monoisotopic (exact) mass is 487 g/mol. The number of rotatable bonds is 10. The first-order valence-corrected chi connectivity index (χ1v) is 12.3. The van der Waals surface area contributed by atoms with Crippen LogP contribution in [-0.4, -0.2) is 43.8 Å². The molecule has 8 nitrogen and oxygen atoms in total. The van der Waals surface area contributed by atoms with Crippen LogP contribution in [0, 0.1) is 6.92 Å². The highest BCUT2D eigenvalue weighted by Crippen LogP contribution is 2.25. The van der Waals surface area contributed by atoms with E-state index >= 15 is 0 Å². The molecule has 2 aromatic carbocycles. The third-order valence-corrected chi connectivity index (χ3v) is 6.47. The fraction of sp³-hybridized carbons (Fsp3) is 0.357. The summed E-state index contributed by atoms with van der Waals surface area (Å²) < 4.78 is 7.26. The molecule has 4 rings (SSSR count). The minimum absolute atomic E-state index is 0.0456. The Hall–Kier alpha value is -3.94. The molecule has 0 aliphatic rings. The van der Waals surface area contributed by atoms with Crippen LogP contribution in [0.15, 0.2) is 71.3 Å². The van der Waals surface area contributed by atoms with E-state index in [1.54, 1.807) is 21.7 Å². The second-order valence-electron chi connectivity index (χ2n) is 9.71. The molecule has 0 aliphatic carbocycles. The number of hydrogen-bond donors (Lipinski definition) is 1. The summed E-state index contributed by atoms with van der Waals surface area (Å²) in [5.41, 5.74) is 3.27. The number of nitrogens with one attached hydrogen (secondary N) is 1. The second-order valence-corrected chi connectivity index (χ2v) is 9.71. The van der Waals surface area contributed by atoms with E-state index in [2.05, 4.69) is 21.7 Å². The molecule has 0 saturated carbocycles. The number of para-hydroxylation sites is 1. The summed E-state index contributed by atoms with van der Waals surface area (Å²) in [5, 5.41) is 11.4. The van der Waals surface area contributed by atoms with Crippen molar-refractivity contribution < 1.29 is 14.0 Å². The fourth-order valence-electron chi connectivity index (χ4n) is 4.13. The molecule has 4 aromatic rings. The van der Waals surface area contributed by atoms with Crippen LogP contribution in [0.3, 0.4) is 0 Å². The van der Waals surface area contributed by atoms with Gasteiger partial charge in [0.15, 0.2) is 6.04 Å². The van der Waals surface area contributed by atoms with Gasteiger partial charge >= 0.3 is 0 Å². The van der Waals surface area contributed by atoms with Crippen LogP contribution >= 0.6 is 0 Å². The molecule has 0 aliphatic heterocycles. The lowest BCUT2D eigenvalue weighted by Gasteiger charge is -2.33. The van der Waals surface area contributed by atoms with Gasteiger partial charge in [0.1, 0.15) is 17.8 Å². The molecule has 1 atom stereocenters. The van der Waals surface area contributed by atoms with Crippen molar-refractivity contribution in [3.8, 4) is 0 Å². The van der Waals surface area contributed by atoms with Crippen LogP contribution in [0.4, 0.5) is 0 Å². The zero-order valence-corrected chi connectivity index (χ0v) is 21.3. The second kappa shape index (κ2) is 10.8. The molecule has 8 heteroatoms. The van der Waals surface area contributed by atoms with Crippen molar-refractivity contribution in [1.29, 1.82) is 0 Å². The van der Waals surface area contributed by atoms with E-state index in [1.165, 1.54) is 6.26 Å². The number of carbonyl (C=O) groups is 2. The van der Waals surface area contributed by atoms with Crippen LogP contribution in [0.1, 0.15) is 50.1 Å². The highest BCUT2D eigenvalue weighted by Gasteiger charge is 2.35. The molecule has 0 fully saturated rings. The van der Waals surface area contributed by atoms with Gasteiger partial charge in [-0.05, 0) is 63.4 Å². The number of amides is 2. The number of nitrogens with zero attached hydrogens (tertiary/aromatic N) is 4. The van der Waals surface area contributed by atoms with E-state index in [9.17, 15) is 9.59 Å². The van der Waals surface area contributed by atoms with E-state index in [-0.39, 0.29) is 18.4 Å². The quantitative estimate of drug-likeness (QED) is 0.357. The van der Waals surface area contributed by atoms with Crippen molar-refractivity contribution in [3.05, 3.63) is 83.8 Å². The standard InChI is InChI=1S/C28H33N5O3/c1-5-28(3,4)29-27(35)26(24-14-9-17-36-24)32(16-15-21-11-8-10-20(2)18-21)25(34)19-33-23-13-7-6-12-22(23)30-31-33/h6-14,17-18,26H,5,15-16,19H2,1-4H3,(H,29,35)/t26-/m0/s1. The van der Waals surface area contributed by atoms with Crippen LogP contribution in [0.5, 0.6) is 0 Å². The Morgan fingerprint density at radius 2 is 1.92 bits per heavy atom. The lowest BCUT2D eigenvalue weighted by molar-refractivity contribution is -0.142. The summed E-state index contributed by atoms with van der Waals surface area (Å²) in [7, 11) is 0. The highest BCUT2D eigenvalue weighted by atomic mass is 16.3. The number of furan rings is 1. The first kappa shape index (κ1) is 25.2. The van der Waals surface area contributed by atoms with E-state index < -0.39 is 11.6 Å². The molecular formula is C28H33N5O3. The summed E-state index contributed by atoms with van der Waals surface area (Å²) in [6, 6.07) is 18.2. The van der Waals surface area contributed by atoms with Crippen molar-refractivity contribution in [3.63, 3.8) is 0 Å². The van der Waals surface area contributed by atoms with Crippen LogP contribution in [-0.2, 0) is 22.6 Å². The van der Waals surface area contributed by atoms with E-state index in [0.717, 1.165) is 23.1 Å². The lowest BCUT2D eigenvalue weighted by Crippen LogP contribution is -2.51. The molecule has 0 spiro atoms. The number of aryl methyl sites for hydroxylation is 1. The maximum Gasteiger partial charge on any atom is 0.251 e. The van der Waals surface area contributed by atoms with Crippen molar-refractivity contribution in [2.24, 2.45) is 0 Å². The van der Waals surface area contributed by atoms with Gasteiger partial charge in [-0.25, -0.2) is 4.68 Å².